The molecule has 0 heterocycles. The van der Waals surface area contributed by atoms with Crippen molar-refractivity contribution in [3.8, 4) is 0 Å². The molecule has 8 atom stereocenters. The number of hydrogen-bond donors (Lipinski definition) is 12. The Bertz CT molecular complexity index is 1530. The van der Waals surface area contributed by atoms with E-state index in [9.17, 15) is 69.0 Å². The third kappa shape index (κ3) is 15.9. The van der Waals surface area contributed by atoms with Crippen LogP contribution in [0.15, 0.2) is 30.3 Å². The molecule has 0 saturated heterocycles. The second-order valence-electron chi connectivity index (χ2n) is 13.5. The highest BCUT2D eigenvalue weighted by Crippen LogP contribution is 2.12. The molecule has 1 aromatic carbocycles. The molecule has 0 saturated carbocycles. The number of carbonyl (C=O) groups is 8. The standard InChI is InChI=1S/C36H58N8O14/c1-20(48)29(44(4)35(56)23(13-14-28(49)50)40-30(51)25(17-45)38-2)33(54)42-26(18-46)31(52)39-22(12-8-9-15-37)34(55)43(3)27(19-47)32(53)41-24(36(57)58)16-21-10-6-5-7-11-21/h5-7,10-11,20,22-27,29,38,45-48H,8-9,12-19,37H2,1-4H3,(H,39,52)(H,40,51)(H,41,53)(H,42,54)(H,49,50)(H,57,58). The van der Waals surface area contributed by atoms with Crippen LogP contribution in [0.2, 0.25) is 0 Å². The van der Waals surface area contributed by atoms with Crippen LogP contribution in [0.4, 0.5) is 0 Å². The first-order valence-corrected chi connectivity index (χ1v) is 18.5. The van der Waals surface area contributed by atoms with Crippen LogP contribution in [-0.2, 0) is 44.8 Å². The van der Waals surface area contributed by atoms with Crippen molar-refractivity contribution in [3.63, 3.8) is 0 Å². The summed E-state index contributed by atoms with van der Waals surface area (Å²) in [6.45, 7) is -1.31. The van der Waals surface area contributed by atoms with Crippen molar-refractivity contribution < 1.29 is 69.0 Å². The van der Waals surface area contributed by atoms with Gasteiger partial charge >= 0.3 is 11.9 Å². The Morgan fingerprint density at radius 2 is 1.19 bits per heavy atom. The van der Waals surface area contributed by atoms with E-state index in [2.05, 4.69) is 26.6 Å². The van der Waals surface area contributed by atoms with Crippen LogP contribution >= 0.6 is 0 Å². The summed E-state index contributed by atoms with van der Waals surface area (Å²) in [6, 6.07) is -2.32. The summed E-state index contributed by atoms with van der Waals surface area (Å²) in [5.41, 5.74) is 6.20. The summed E-state index contributed by atoms with van der Waals surface area (Å²) in [5.74, 6) is -8.74. The Morgan fingerprint density at radius 3 is 1.67 bits per heavy atom. The van der Waals surface area contributed by atoms with Crippen molar-refractivity contribution in [1.82, 2.24) is 36.4 Å². The summed E-state index contributed by atoms with van der Waals surface area (Å²) in [5, 5.41) is 71.0. The number of nitrogens with two attached hydrogens (primary N) is 1. The maximum Gasteiger partial charge on any atom is 0.326 e. The van der Waals surface area contributed by atoms with Gasteiger partial charge in [0.1, 0.15) is 42.3 Å². The number of likely N-dealkylation sites (N-methyl/N-ethyl adjacent to an activating group) is 3. The van der Waals surface area contributed by atoms with Gasteiger partial charge in [0, 0.05) is 26.9 Å². The number of rotatable bonds is 27. The molecule has 1 rings (SSSR count). The molecule has 6 amide bonds. The fourth-order valence-corrected chi connectivity index (χ4v) is 5.78. The van der Waals surface area contributed by atoms with Gasteiger partial charge in [0.05, 0.1) is 25.9 Å². The van der Waals surface area contributed by atoms with Gasteiger partial charge in [-0.3, -0.25) is 33.6 Å². The van der Waals surface area contributed by atoms with Gasteiger partial charge in [0.2, 0.25) is 35.4 Å². The maximum atomic E-state index is 13.8. The van der Waals surface area contributed by atoms with E-state index in [1.807, 2.05) is 0 Å². The molecule has 0 aliphatic rings. The lowest BCUT2D eigenvalue weighted by atomic mass is 10.0. The van der Waals surface area contributed by atoms with Gasteiger partial charge < -0.3 is 72.8 Å². The van der Waals surface area contributed by atoms with Crippen molar-refractivity contribution in [1.29, 1.82) is 0 Å². The number of nitrogens with zero attached hydrogens (tertiary/aromatic N) is 2. The molecular formula is C36H58N8O14. The quantitative estimate of drug-likeness (QED) is 0.0369. The van der Waals surface area contributed by atoms with E-state index in [4.69, 9.17) is 5.73 Å². The average Bonchev–Trinajstić information content (AvgIpc) is 3.18. The molecule has 0 aliphatic heterocycles. The first kappa shape index (κ1) is 50.8. The fraction of sp³-hybridized carbons (Fsp3) is 0.611. The minimum absolute atomic E-state index is 0.0641. The lowest BCUT2D eigenvalue weighted by Crippen LogP contribution is -2.62. The third-order valence-electron chi connectivity index (χ3n) is 9.16. The Kier molecular flexibility index (Phi) is 22.7. The number of aliphatic hydroxyl groups is 4. The zero-order valence-electron chi connectivity index (χ0n) is 33.0. The van der Waals surface area contributed by atoms with Gasteiger partial charge in [-0.1, -0.05) is 30.3 Å². The molecule has 8 unspecified atom stereocenters. The van der Waals surface area contributed by atoms with Crippen molar-refractivity contribution in [2.75, 3.05) is 47.5 Å². The molecule has 0 spiro atoms. The predicted molar refractivity (Wildman–Crippen MR) is 204 cm³/mol. The molecule has 0 aromatic heterocycles. The van der Waals surface area contributed by atoms with Gasteiger partial charge in [0.15, 0.2) is 0 Å². The highest BCUT2D eigenvalue weighted by atomic mass is 16.4. The average molecular weight is 827 g/mol. The molecule has 13 N–H and O–H groups in total. The highest BCUT2D eigenvalue weighted by molar-refractivity contribution is 5.97. The Morgan fingerprint density at radius 1 is 0.672 bits per heavy atom. The fourth-order valence-electron chi connectivity index (χ4n) is 5.78. The number of unbranched alkanes of at least 4 members (excludes halogenated alkanes) is 1. The number of hydrogen-bond acceptors (Lipinski definition) is 14. The van der Waals surface area contributed by atoms with Crippen molar-refractivity contribution in [2.24, 2.45) is 5.73 Å². The van der Waals surface area contributed by atoms with Crippen molar-refractivity contribution >= 4 is 47.4 Å². The lowest BCUT2D eigenvalue weighted by Gasteiger charge is -2.34. The number of carboxylic acid groups (broad SMARTS) is 2. The van der Waals surface area contributed by atoms with E-state index in [1.54, 1.807) is 30.3 Å². The normalized spacial score (nSPS) is 15.2. The molecule has 0 aliphatic carbocycles. The molecule has 0 fully saturated rings. The van der Waals surface area contributed by atoms with Crippen LogP contribution in [0.5, 0.6) is 0 Å². The van der Waals surface area contributed by atoms with E-state index >= 15 is 0 Å². The number of carbonyl (C=O) groups excluding carboxylic acids is 6. The molecule has 326 valence electrons. The number of aliphatic hydroxyl groups excluding tert-OH is 4. The predicted octanol–water partition coefficient (Wildman–Crippen LogP) is -5.15. The number of carboxylic acids is 2. The van der Waals surface area contributed by atoms with Gasteiger partial charge in [-0.15, -0.1) is 0 Å². The molecule has 0 bridgehead atoms. The zero-order chi connectivity index (χ0) is 44.1. The van der Waals surface area contributed by atoms with Gasteiger partial charge in [-0.2, -0.15) is 0 Å². The molecule has 22 heteroatoms. The number of aliphatic carboxylic acids is 2. The minimum atomic E-state index is -1.79. The first-order chi connectivity index (χ1) is 27.4. The topological polar surface area (TPSA) is 351 Å². The van der Waals surface area contributed by atoms with Gasteiger partial charge in [0.25, 0.3) is 0 Å². The largest absolute Gasteiger partial charge is 0.481 e. The van der Waals surface area contributed by atoms with Crippen molar-refractivity contribution in [2.45, 2.75) is 93.8 Å². The van der Waals surface area contributed by atoms with Crippen LogP contribution in [0.3, 0.4) is 0 Å². The zero-order valence-corrected chi connectivity index (χ0v) is 33.0. The third-order valence-corrected chi connectivity index (χ3v) is 9.16. The second-order valence-corrected chi connectivity index (χ2v) is 13.5. The summed E-state index contributed by atoms with van der Waals surface area (Å²) < 4.78 is 0. The van der Waals surface area contributed by atoms with E-state index in [1.165, 1.54) is 7.05 Å². The van der Waals surface area contributed by atoms with Gasteiger partial charge in [-0.05, 0) is 51.8 Å². The second kappa shape index (κ2) is 25.9. The summed E-state index contributed by atoms with van der Waals surface area (Å²) in [4.78, 5) is 105. The molecule has 0 radical (unpaired) electrons. The van der Waals surface area contributed by atoms with Crippen LogP contribution in [0, 0.1) is 0 Å². The Labute approximate surface area is 335 Å². The summed E-state index contributed by atoms with van der Waals surface area (Å²) in [7, 11) is 3.58. The number of benzene rings is 1. The monoisotopic (exact) mass is 826 g/mol. The van der Waals surface area contributed by atoms with E-state index in [-0.39, 0.29) is 25.8 Å². The molecule has 22 nitrogen and oxygen atoms in total. The summed E-state index contributed by atoms with van der Waals surface area (Å²) in [6.07, 6.45) is -2.17. The molecule has 58 heavy (non-hydrogen) atoms. The van der Waals surface area contributed by atoms with Crippen LogP contribution in [-0.4, -0.2) is 184 Å². The molecular weight excluding hydrogens is 768 g/mol. The maximum absolute atomic E-state index is 13.8. The summed E-state index contributed by atoms with van der Waals surface area (Å²) >= 11 is 0. The highest BCUT2D eigenvalue weighted by Gasteiger charge is 2.39. The lowest BCUT2D eigenvalue weighted by molar-refractivity contribution is -0.147. The number of nitrogens with one attached hydrogen (secondary N) is 5. The smallest absolute Gasteiger partial charge is 0.326 e. The molecule has 1 aromatic rings. The van der Waals surface area contributed by atoms with E-state index in [0.29, 0.717) is 12.0 Å². The van der Waals surface area contributed by atoms with Crippen LogP contribution in [0.1, 0.15) is 44.6 Å². The first-order valence-electron chi connectivity index (χ1n) is 18.5. The Balaban J connectivity index is 3.26. The minimum Gasteiger partial charge on any atom is -0.481 e. The van der Waals surface area contributed by atoms with E-state index < -0.39 is 128 Å². The van der Waals surface area contributed by atoms with Gasteiger partial charge in [-0.25, -0.2) is 4.79 Å². The van der Waals surface area contributed by atoms with Crippen LogP contribution in [0.25, 0.3) is 0 Å². The van der Waals surface area contributed by atoms with Crippen LogP contribution < -0.4 is 32.3 Å². The van der Waals surface area contributed by atoms with Crippen molar-refractivity contribution in [3.05, 3.63) is 35.9 Å². The van der Waals surface area contributed by atoms with E-state index in [0.717, 1.165) is 30.8 Å². The SMILES string of the molecule is CNC(CO)C(=O)NC(CCC(=O)O)C(=O)N(C)C(C(=O)NC(CO)C(=O)NC(CCCCN)C(=O)N(C)C(CO)C(=O)NC(Cc1ccccc1)C(=O)O)C(C)O. The Hall–Kier alpha value is -5.26. The number of amides is 6.